The Hall–Kier alpha value is -2.81. The van der Waals surface area contributed by atoms with E-state index in [9.17, 15) is 9.59 Å². The second-order valence-electron chi connectivity index (χ2n) is 4.52. The van der Waals surface area contributed by atoms with Crippen molar-refractivity contribution in [1.29, 1.82) is 5.26 Å². The summed E-state index contributed by atoms with van der Waals surface area (Å²) in [5.41, 5.74) is 0.393. The van der Waals surface area contributed by atoms with Crippen LogP contribution in [0.15, 0.2) is 29.8 Å². The van der Waals surface area contributed by atoms with Crippen molar-refractivity contribution in [2.45, 2.75) is 19.9 Å². The third-order valence-electron chi connectivity index (χ3n) is 2.35. The Kier molecular flexibility index (Phi) is 5.96. The summed E-state index contributed by atoms with van der Waals surface area (Å²) < 4.78 is 5.12. The van der Waals surface area contributed by atoms with Crippen molar-refractivity contribution in [2.75, 3.05) is 6.61 Å². The van der Waals surface area contributed by atoms with Gasteiger partial charge in [0.25, 0.3) is 5.91 Å². The predicted octanol–water partition coefficient (Wildman–Crippen LogP) is 1.58. The lowest BCUT2D eigenvalue weighted by Crippen LogP contribution is -2.30. The number of ether oxygens (including phenoxy) is 1. The second kappa shape index (κ2) is 7.70. The largest absolute Gasteiger partial charge is 0.481 e. The molecular formula is C15H16N2O4. The standard InChI is InChI=1S/C15H16N2O4/c1-10(2)17-15(20)12(8-16)7-11-5-3-4-6-13(11)21-9-14(18)19/h3-7,10H,9H2,1-2H3,(H,17,20)(H,18,19)/b12-7+. The third kappa shape index (κ3) is 5.37. The number of carboxylic acid groups (broad SMARTS) is 1. The number of benzene rings is 1. The molecule has 0 radical (unpaired) electrons. The van der Waals surface area contributed by atoms with Gasteiger partial charge < -0.3 is 15.2 Å². The van der Waals surface area contributed by atoms with Crippen LogP contribution in [0.2, 0.25) is 0 Å². The molecule has 0 saturated carbocycles. The molecule has 0 aliphatic heterocycles. The van der Waals surface area contributed by atoms with Gasteiger partial charge in [-0.3, -0.25) is 4.79 Å². The van der Waals surface area contributed by atoms with Crippen LogP contribution in [0.4, 0.5) is 0 Å². The maximum Gasteiger partial charge on any atom is 0.341 e. The molecule has 0 saturated heterocycles. The van der Waals surface area contributed by atoms with Gasteiger partial charge in [-0.05, 0) is 26.0 Å². The zero-order chi connectivity index (χ0) is 15.8. The van der Waals surface area contributed by atoms with Gasteiger partial charge in [0.05, 0.1) is 0 Å². The maximum absolute atomic E-state index is 11.8. The van der Waals surface area contributed by atoms with E-state index in [2.05, 4.69) is 5.32 Å². The number of nitrogens with zero attached hydrogens (tertiary/aromatic N) is 1. The number of nitriles is 1. The zero-order valence-corrected chi connectivity index (χ0v) is 11.8. The van der Waals surface area contributed by atoms with Crippen LogP contribution >= 0.6 is 0 Å². The molecule has 110 valence electrons. The summed E-state index contributed by atoms with van der Waals surface area (Å²) in [4.78, 5) is 22.4. The first kappa shape index (κ1) is 16.2. The third-order valence-corrected chi connectivity index (χ3v) is 2.35. The Morgan fingerprint density at radius 1 is 1.43 bits per heavy atom. The van der Waals surface area contributed by atoms with Crippen LogP contribution in [-0.4, -0.2) is 29.6 Å². The molecule has 0 bridgehead atoms. The first-order chi connectivity index (χ1) is 9.93. The number of hydrogen-bond donors (Lipinski definition) is 2. The van der Waals surface area contributed by atoms with Crippen LogP contribution in [0, 0.1) is 11.3 Å². The van der Waals surface area contributed by atoms with Gasteiger partial charge >= 0.3 is 5.97 Å². The quantitative estimate of drug-likeness (QED) is 0.611. The van der Waals surface area contributed by atoms with Crippen molar-refractivity contribution in [3.8, 4) is 11.8 Å². The number of rotatable bonds is 6. The first-order valence-electron chi connectivity index (χ1n) is 6.30. The molecule has 6 heteroatoms. The number of para-hydroxylation sites is 1. The summed E-state index contributed by atoms with van der Waals surface area (Å²) in [7, 11) is 0. The van der Waals surface area contributed by atoms with Gasteiger partial charge in [0.15, 0.2) is 6.61 Å². The van der Waals surface area contributed by atoms with Gasteiger partial charge in [0, 0.05) is 11.6 Å². The van der Waals surface area contributed by atoms with E-state index in [1.165, 1.54) is 6.08 Å². The summed E-state index contributed by atoms with van der Waals surface area (Å²) in [5, 5.41) is 20.3. The number of carbonyl (C=O) groups is 2. The van der Waals surface area contributed by atoms with E-state index in [1.54, 1.807) is 38.1 Å². The van der Waals surface area contributed by atoms with E-state index in [0.717, 1.165) is 0 Å². The average Bonchev–Trinajstić information content (AvgIpc) is 2.42. The molecule has 0 aliphatic rings. The SMILES string of the molecule is CC(C)NC(=O)/C(C#N)=C/c1ccccc1OCC(=O)O. The molecule has 1 amide bonds. The highest BCUT2D eigenvalue weighted by molar-refractivity contribution is 6.02. The van der Waals surface area contributed by atoms with Crippen LogP contribution in [0.25, 0.3) is 6.08 Å². The molecule has 1 aromatic rings. The topological polar surface area (TPSA) is 99.4 Å². The smallest absolute Gasteiger partial charge is 0.341 e. The minimum absolute atomic E-state index is 0.0740. The minimum Gasteiger partial charge on any atom is -0.481 e. The lowest BCUT2D eigenvalue weighted by molar-refractivity contribution is -0.139. The number of nitrogens with one attached hydrogen (secondary N) is 1. The average molecular weight is 288 g/mol. The van der Waals surface area contributed by atoms with Gasteiger partial charge in [-0.25, -0.2) is 4.79 Å². The van der Waals surface area contributed by atoms with Gasteiger partial charge in [0.2, 0.25) is 0 Å². The van der Waals surface area contributed by atoms with E-state index in [4.69, 9.17) is 15.1 Å². The number of carbonyl (C=O) groups excluding carboxylic acids is 1. The van der Waals surface area contributed by atoms with Crippen LogP contribution in [-0.2, 0) is 9.59 Å². The number of amides is 1. The molecule has 0 heterocycles. The highest BCUT2D eigenvalue weighted by atomic mass is 16.5. The molecule has 0 fully saturated rings. The summed E-state index contributed by atoms with van der Waals surface area (Å²) in [6, 6.07) is 8.32. The molecule has 1 rings (SSSR count). The van der Waals surface area contributed by atoms with Crippen LogP contribution in [0.1, 0.15) is 19.4 Å². The molecule has 0 atom stereocenters. The van der Waals surface area contributed by atoms with Gasteiger partial charge in [-0.2, -0.15) is 5.26 Å². The molecule has 1 aromatic carbocycles. The summed E-state index contributed by atoms with van der Waals surface area (Å²) in [6.07, 6.45) is 1.37. The lowest BCUT2D eigenvalue weighted by atomic mass is 10.1. The van der Waals surface area contributed by atoms with Crippen LogP contribution < -0.4 is 10.1 Å². The summed E-state index contributed by atoms with van der Waals surface area (Å²) in [5.74, 6) is -1.29. The minimum atomic E-state index is -1.10. The fraction of sp³-hybridized carbons (Fsp3) is 0.267. The van der Waals surface area contributed by atoms with Crippen molar-refractivity contribution in [2.24, 2.45) is 0 Å². The summed E-state index contributed by atoms with van der Waals surface area (Å²) in [6.45, 7) is 3.08. The van der Waals surface area contributed by atoms with Gasteiger partial charge in [0.1, 0.15) is 17.4 Å². The Morgan fingerprint density at radius 3 is 2.67 bits per heavy atom. The normalized spacial score (nSPS) is 10.9. The number of carboxylic acids is 1. The fourth-order valence-corrected chi connectivity index (χ4v) is 1.51. The van der Waals surface area contributed by atoms with E-state index in [1.807, 2.05) is 6.07 Å². The van der Waals surface area contributed by atoms with Crippen molar-refractivity contribution in [3.63, 3.8) is 0 Å². The van der Waals surface area contributed by atoms with Gasteiger partial charge in [-0.15, -0.1) is 0 Å². The highest BCUT2D eigenvalue weighted by Crippen LogP contribution is 2.21. The molecule has 0 aliphatic carbocycles. The van der Waals surface area contributed by atoms with E-state index < -0.39 is 18.5 Å². The molecule has 2 N–H and O–H groups in total. The van der Waals surface area contributed by atoms with Crippen LogP contribution in [0.5, 0.6) is 5.75 Å². The highest BCUT2D eigenvalue weighted by Gasteiger charge is 2.12. The predicted molar refractivity (Wildman–Crippen MR) is 76.4 cm³/mol. The van der Waals surface area contributed by atoms with Crippen molar-refractivity contribution in [3.05, 3.63) is 35.4 Å². The van der Waals surface area contributed by atoms with Crippen molar-refractivity contribution < 1.29 is 19.4 Å². The van der Waals surface area contributed by atoms with E-state index in [0.29, 0.717) is 11.3 Å². The molecule has 21 heavy (non-hydrogen) atoms. The Balaban J connectivity index is 3.03. The molecule has 0 spiro atoms. The van der Waals surface area contributed by atoms with Crippen LogP contribution in [0.3, 0.4) is 0 Å². The Morgan fingerprint density at radius 2 is 2.10 bits per heavy atom. The summed E-state index contributed by atoms with van der Waals surface area (Å²) >= 11 is 0. The van der Waals surface area contributed by atoms with Gasteiger partial charge in [-0.1, -0.05) is 18.2 Å². The van der Waals surface area contributed by atoms with Crippen molar-refractivity contribution >= 4 is 18.0 Å². The Labute approximate surface area is 122 Å². The monoisotopic (exact) mass is 288 g/mol. The van der Waals surface area contributed by atoms with E-state index in [-0.39, 0.29) is 11.6 Å². The molecule has 0 aromatic heterocycles. The lowest BCUT2D eigenvalue weighted by Gasteiger charge is -2.09. The maximum atomic E-state index is 11.8. The number of aliphatic carboxylic acids is 1. The molecule has 6 nitrogen and oxygen atoms in total. The van der Waals surface area contributed by atoms with Crippen molar-refractivity contribution in [1.82, 2.24) is 5.32 Å². The zero-order valence-electron chi connectivity index (χ0n) is 11.8. The molecular weight excluding hydrogens is 272 g/mol. The first-order valence-corrected chi connectivity index (χ1v) is 6.30. The number of hydrogen-bond acceptors (Lipinski definition) is 4. The fourth-order valence-electron chi connectivity index (χ4n) is 1.51. The molecule has 0 unspecified atom stereocenters. The van der Waals surface area contributed by atoms with E-state index >= 15 is 0 Å². The Bertz CT molecular complexity index is 600. The second-order valence-corrected chi connectivity index (χ2v) is 4.52.